The first-order valence-corrected chi connectivity index (χ1v) is 10.5. The predicted octanol–water partition coefficient (Wildman–Crippen LogP) is 3.33. The lowest BCUT2D eigenvalue weighted by Gasteiger charge is -2.35. The summed E-state index contributed by atoms with van der Waals surface area (Å²) in [5.74, 6) is 2.27. The first-order chi connectivity index (χ1) is 14.9. The van der Waals surface area contributed by atoms with Crippen molar-refractivity contribution >= 4 is 23.4 Å². The summed E-state index contributed by atoms with van der Waals surface area (Å²) in [6.45, 7) is 10.4. The van der Waals surface area contributed by atoms with Crippen LogP contribution in [0.15, 0.2) is 34.9 Å². The molecule has 1 N–H and O–H groups in total. The Morgan fingerprint density at radius 2 is 1.74 bits per heavy atom. The van der Waals surface area contributed by atoms with Gasteiger partial charge < -0.3 is 19.6 Å². The van der Waals surface area contributed by atoms with Gasteiger partial charge in [-0.05, 0) is 39.8 Å². The molecule has 4 rings (SSSR count). The number of aromatic nitrogens is 3. The van der Waals surface area contributed by atoms with E-state index in [1.165, 1.54) is 5.56 Å². The summed E-state index contributed by atoms with van der Waals surface area (Å²) in [7, 11) is 0. The molecule has 0 radical (unpaired) electrons. The number of amides is 1. The van der Waals surface area contributed by atoms with Gasteiger partial charge in [-0.1, -0.05) is 22.9 Å². The van der Waals surface area contributed by atoms with Gasteiger partial charge in [-0.3, -0.25) is 4.79 Å². The fourth-order valence-corrected chi connectivity index (χ4v) is 3.72. The van der Waals surface area contributed by atoms with Crippen molar-refractivity contribution in [3.63, 3.8) is 0 Å². The Morgan fingerprint density at radius 1 is 1.03 bits per heavy atom. The fourth-order valence-electron chi connectivity index (χ4n) is 3.72. The van der Waals surface area contributed by atoms with Crippen molar-refractivity contribution in [1.29, 1.82) is 0 Å². The average Bonchev–Trinajstić information content (AvgIpc) is 3.07. The van der Waals surface area contributed by atoms with Gasteiger partial charge in [0.1, 0.15) is 11.6 Å². The van der Waals surface area contributed by atoms with E-state index in [1.54, 1.807) is 0 Å². The van der Waals surface area contributed by atoms with Gasteiger partial charge in [0.2, 0.25) is 11.9 Å². The van der Waals surface area contributed by atoms with Crippen LogP contribution >= 0.6 is 0 Å². The summed E-state index contributed by atoms with van der Waals surface area (Å²) in [5, 5.41) is 7.30. The predicted molar refractivity (Wildman–Crippen MR) is 120 cm³/mol. The number of piperazine rings is 1. The molecule has 2 aromatic heterocycles. The first kappa shape index (κ1) is 20.8. The van der Waals surface area contributed by atoms with E-state index in [-0.39, 0.29) is 5.91 Å². The van der Waals surface area contributed by atoms with Gasteiger partial charge in [0.05, 0.1) is 12.1 Å². The molecule has 0 bridgehead atoms. The molecule has 1 amide bonds. The van der Waals surface area contributed by atoms with Crippen LogP contribution in [0.5, 0.6) is 0 Å². The molecular weight excluding hydrogens is 392 g/mol. The maximum absolute atomic E-state index is 12.7. The van der Waals surface area contributed by atoms with Gasteiger partial charge in [-0.2, -0.15) is 4.98 Å². The minimum atomic E-state index is 0.0981. The van der Waals surface area contributed by atoms with Crippen LogP contribution in [0.3, 0.4) is 0 Å². The Labute approximate surface area is 182 Å². The monoisotopic (exact) mass is 420 g/mol. The maximum Gasteiger partial charge on any atom is 0.227 e. The van der Waals surface area contributed by atoms with Crippen LogP contribution in [0.4, 0.5) is 17.5 Å². The number of rotatable bonds is 5. The van der Waals surface area contributed by atoms with Crippen molar-refractivity contribution in [2.24, 2.45) is 0 Å². The molecule has 0 saturated carbocycles. The Bertz CT molecular complexity index is 1050. The zero-order valence-corrected chi connectivity index (χ0v) is 18.5. The molecule has 0 aliphatic carbocycles. The van der Waals surface area contributed by atoms with Gasteiger partial charge in [0.25, 0.3) is 0 Å². The summed E-state index contributed by atoms with van der Waals surface area (Å²) < 4.78 is 5.18. The standard InChI is InChI=1S/C23H28N6O2/c1-15-5-7-19(8-6-15)25-21-13-16(2)24-23(26-21)29-11-9-28(10-12-29)22(30)14-20-17(3)27-31-18(20)4/h5-8,13H,9-12,14H2,1-4H3,(H,24,25,26). The third-order valence-corrected chi connectivity index (χ3v) is 5.59. The number of hydrogen-bond donors (Lipinski definition) is 1. The highest BCUT2D eigenvalue weighted by molar-refractivity contribution is 5.79. The number of aryl methyl sites for hydroxylation is 4. The molecule has 0 spiro atoms. The van der Waals surface area contributed by atoms with Crippen LogP contribution in [0.2, 0.25) is 0 Å². The highest BCUT2D eigenvalue weighted by Crippen LogP contribution is 2.20. The number of benzene rings is 1. The SMILES string of the molecule is Cc1ccc(Nc2cc(C)nc(N3CCN(C(=O)Cc4c(C)noc4C)CC3)n2)cc1. The van der Waals surface area contributed by atoms with E-state index >= 15 is 0 Å². The van der Waals surface area contributed by atoms with E-state index in [0.717, 1.165) is 28.5 Å². The molecule has 0 atom stereocenters. The van der Waals surface area contributed by atoms with E-state index < -0.39 is 0 Å². The van der Waals surface area contributed by atoms with Gasteiger partial charge in [-0.25, -0.2) is 4.98 Å². The molecule has 3 heterocycles. The highest BCUT2D eigenvalue weighted by Gasteiger charge is 2.24. The Kier molecular flexibility index (Phi) is 5.88. The van der Waals surface area contributed by atoms with Crippen LogP contribution in [0.1, 0.15) is 28.3 Å². The summed E-state index contributed by atoms with van der Waals surface area (Å²) in [6, 6.07) is 10.1. The number of carbonyl (C=O) groups is 1. The molecule has 8 heteroatoms. The lowest BCUT2D eigenvalue weighted by Crippen LogP contribution is -2.49. The molecule has 1 saturated heterocycles. The third kappa shape index (κ3) is 4.84. The van der Waals surface area contributed by atoms with Gasteiger partial charge >= 0.3 is 0 Å². The van der Waals surface area contributed by atoms with Crippen molar-refractivity contribution in [1.82, 2.24) is 20.0 Å². The van der Waals surface area contributed by atoms with Gasteiger partial charge in [0, 0.05) is 49.2 Å². The maximum atomic E-state index is 12.7. The molecule has 1 aliphatic rings. The zero-order chi connectivity index (χ0) is 22.0. The Balaban J connectivity index is 1.39. The van der Waals surface area contributed by atoms with Crippen molar-refractivity contribution < 1.29 is 9.32 Å². The molecule has 8 nitrogen and oxygen atoms in total. The minimum Gasteiger partial charge on any atom is -0.361 e. The van der Waals surface area contributed by atoms with E-state index in [1.807, 2.05) is 43.9 Å². The molecule has 31 heavy (non-hydrogen) atoms. The van der Waals surface area contributed by atoms with E-state index in [4.69, 9.17) is 9.51 Å². The summed E-state index contributed by atoms with van der Waals surface area (Å²) in [5.41, 5.74) is 4.78. The molecule has 162 valence electrons. The number of anilines is 3. The summed E-state index contributed by atoms with van der Waals surface area (Å²) in [4.78, 5) is 26.1. The third-order valence-electron chi connectivity index (χ3n) is 5.59. The minimum absolute atomic E-state index is 0.0981. The van der Waals surface area contributed by atoms with Crippen molar-refractivity contribution in [2.45, 2.75) is 34.1 Å². The normalized spacial score (nSPS) is 14.1. The second-order valence-corrected chi connectivity index (χ2v) is 8.03. The van der Waals surface area contributed by atoms with Crippen LogP contribution < -0.4 is 10.2 Å². The van der Waals surface area contributed by atoms with E-state index in [2.05, 4.69) is 39.4 Å². The number of nitrogens with zero attached hydrogens (tertiary/aromatic N) is 5. The van der Waals surface area contributed by atoms with Crippen molar-refractivity contribution in [3.05, 3.63) is 58.6 Å². The molecular formula is C23H28N6O2. The van der Waals surface area contributed by atoms with Gasteiger partial charge in [0.15, 0.2) is 0 Å². The topological polar surface area (TPSA) is 87.4 Å². The Hall–Kier alpha value is -3.42. The smallest absolute Gasteiger partial charge is 0.227 e. The lowest BCUT2D eigenvalue weighted by molar-refractivity contribution is -0.130. The quantitative estimate of drug-likeness (QED) is 0.677. The molecule has 1 aliphatic heterocycles. The molecule has 0 unspecified atom stereocenters. The summed E-state index contributed by atoms with van der Waals surface area (Å²) >= 11 is 0. The first-order valence-electron chi connectivity index (χ1n) is 10.5. The van der Waals surface area contributed by atoms with Crippen LogP contribution in [0.25, 0.3) is 0 Å². The van der Waals surface area contributed by atoms with Crippen LogP contribution in [0, 0.1) is 27.7 Å². The summed E-state index contributed by atoms with van der Waals surface area (Å²) in [6.07, 6.45) is 0.326. The Morgan fingerprint density at radius 3 is 2.39 bits per heavy atom. The van der Waals surface area contributed by atoms with E-state index in [0.29, 0.717) is 44.3 Å². The number of carbonyl (C=O) groups excluding carboxylic acids is 1. The zero-order valence-electron chi connectivity index (χ0n) is 18.5. The molecule has 1 aromatic carbocycles. The van der Waals surface area contributed by atoms with Crippen molar-refractivity contribution in [3.8, 4) is 0 Å². The van der Waals surface area contributed by atoms with Gasteiger partial charge in [-0.15, -0.1) is 0 Å². The van der Waals surface area contributed by atoms with Crippen LogP contribution in [-0.4, -0.2) is 52.1 Å². The number of hydrogen-bond acceptors (Lipinski definition) is 7. The highest BCUT2D eigenvalue weighted by atomic mass is 16.5. The second kappa shape index (κ2) is 8.75. The van der Waals surface area contributed by atoms with E-state index in [9.17, 15) is 4.79 Å². The average molecular weight is 421 g/mol. The number of nitrogens with one attached hydrogen (secondary N) is 1. The largest absolute Gasteiger partial charge is 0.361 e. The lowest BCUT2D eigenvalue weighted by atomic mass is 10.1. The van der Waals surface area contributed by atoms with Crippen LogP contribution in [-0.2, 0) is 11.2 Å². The fraction of sp³-hybridized carbons (Fsp3) is 0.391. The second-order valence-electron chi connectivity index (χ2n) is 8.03. The van der Waals surface area contributed by atoms with Crippen molar-refractivity contribution in [2.75, 3.05) is 36.4 Å². The molecule has 1 fully saturated rings. The molecule has 3 aromatic rings.